The SMILES string of the molecule is CC(C)S(=O)(=O)c1ccccc1F.FCF. The minimum atomic E-state index is -3.48. The maximum absolute atomic E-state index is 13.1. The molecule has 0 atom stereocenters. The lowest BCUT2D eigenvalue weighted by molar-refractivity contribution is 0.295. The van der Waals surface area contributed by atoms with Gasteiger partial charge in [0.25, 0.3) is 0 Å². The highest BCUT2D eigenvalue weighted by molar-refractivity contribution is 7.92. The topological polar surface area (TPSA) is 34.1 Å². The highest BCUT2D eigenvalue weighted by Crippen LogP contribution is 2.18. The van der Waals surface area contributed by atoms with Gasteiger partial charge in [-0.3, -0.25) is 0 Å². The summed E-state index contributed by atoms with van der Waals surface area (Å²) in [6.45, 7) is 1.31. The van der Waals surface area contributed by atoms with Crippen LogP contribution in [0.5, 0.6) is 0 Å². The van der Waals surface area contributed by atoms with Gasteiger partial charge in [-0.05, 0) is 26.0 Å². The first kappa shape index (κ1) is 15.0. The van der Waals surface area contributed by atoms with Crippen LogP contribution in [0.25, 0.3) is 0 Å². The van der Waals surface area contributed by atoms with E-state index < -0.39 is 27.8 Å². The molecule has 92 valence electrons. The summed E-state index contributed by atoms with van der Waals surface area (Å²) in [5.41, 5.74) is 0. The molecular weight excluding hydrogens is 241 g/mol. The fourth-order valence-electron chi connectivity index (χ4n) is 0.929. The molecule has 0 heterocycles. The molecule has 16 heavy (non-hydrogen) atoms. The van der Waals surface area contributed by atoms with E-state index in [2.05, 4.69) is 0 Å². The van der Waals surface area contributed by atoms with Crippen molar-refractivity contribution in [3.8, 4) is 0 Å². The molecule has 1 aromatic carbocycles. The second-order valence-corrected chi connectivity index (χ2v) is 5.60. The molecule has 0 unspecified atom stereocenters. The van der Waals surface area contributed by atoms with Gasteiger partial charge >= 0.3 is 0 Å². The predicted molar refractivity (Wildman–Crippen MR) is 55.8 cm³/mol. The first-order valence-electron chi connectivity index (χ1n) is 4.48. The maximum atomic E-state index is 13.1. The number of hydrogen-bond acceptors (Lipinski definition) is 2. The van der Waals surface area contributed by atoms with E-state index in [1.807, 2.05) is 0 Å². The van der Waals surface area contributed by atoms with Crippen LogP contribution in [0, 0.1) is 5.82 Å². The average molecular weight is 254 g/mol. The fraction of sp³-hybridized carbons (Fsp3) is 0.400. The van der Waals surface area contributed by atoms with Crippen molar-refractivity contribution in [3.63, 3.8) is 0 Å². The lowest BCUT2D eigenvalue weighted by Gasteiger charge is -2.07. The summed E-state index contributed by atoms with van der Waals surface area (Å²) in [5, 5.41) is -0.593. The highest BCUT2D eigenvalue weighted by atomic mass is 32.2. The van der Waals surface area contributed by atoms with Gasteiger partial charge in [-0.15, -0.1) is 0 Å². The Morgan fingerprint density at radius 2 is 1.62 bits per heavy atom. The number of benzene rings is 1. The van der Waals surface area contributed by atoms with E-state index in [0.29, 0.717) is 0 Å². The highest BCUT2D eigenvalue weighted by Gasteiger charge is 2.22. The van der Waals surface area contributed by atoms with Gasteiger partial charge < -0.3 is 0 Å². The number of rotatable bonds is 2. The number of halogens is 3. The molecule has 0 radical (unpaired) electrons. The molecule has 0 aliphatic heterocycles. The fourth-order valence-corrected chi connectivity index (χ4v) is 2.05. The van der Waals surface area contributed by atoms with Crippen LogP contribution in [0.3, 0.4) is 0 Å². The minimum absolute atomic E-state index is 0.218. The van der Waals surface area contributed by atoms with Crippen molar-refractivity contribution in [2.75, 3.05) is 6.93 Å². The second kappa shape index (κ2) is 6.52. The standard InChI is InChI=1S/C9H11FO2S.CH2F2/c1-7(2)13(11,12)9-6-4-3-5-8(9)10;2-1-3/h3-7H,1-2H3;1H2. The Kier molecular flexibility index (Phi) is 6.10. The molecule has 2 nitrogen and oxygen atoms in total. The minimum Gasteiger partial charge on any atom is -0.223 e. The number of alkyl halides is 2. The smallest absolute Gasteiger partial charge is 0.223 e. The zero-order valence-corrected chi connectivity index (χ0v) is 9.77. The Bertz CT molecular complexity index is 416. The molecule has 6 heteroatoms. The molecule has 0 bridgehead atoms. The molecule has 0 fully saturated rings. The predicted octanol–water partition coefficient (Wildman–Crippen LogP) is 2.89. The van der Waals surface area contributed by atoms with Gasteiger partial charge in [0.15, 0.2) is 9.84 Å². The molecule has 0 N–H and O–H groups in total. The summed E-state index contributed by atoms with van der Waals surface area (Å²) in [4.78, 5) is -0.218. The molecule has 0 aliphatic rings. The van der Waals surface area contributed by atoms with Gasteiger partial charge in [-0.25, -0.2) is 21.6 Å². The van der Waals surface area contributed by atoms with E-state index in [1.54, 1.807) is 0 Å². The van der Waals surface area contributed by atoms with Crippen LogP contribution in [0.1, 0.15) is 13.8 Å². The summed E-state index contributed by atoms with van der Waals surface area (Å²) in [6.07, 6.45) is 0. The third-order valence-corrected chi connectivity index (χ3v) is 3.95. The summed E-state index contributed by atoms with van der Waals surface area (Å²) in [7, 11) is -3.48. The molecular formula is C10H13F3O2S. The van der Waals surface area contributed by atoms with Crippen LogP contribution >= 0.6 is 0 Å². The van der Waals surface area contributed by atoms with Gasteiger partial charge in [0.1, 0.15) is 10.7 Å². The Hall–Kier alpha value is -1.04. The Labute approximate surface area is 93.0 Å². The third kappa shape index (κ3) is 3.84. The Balaban J connectivity index is 0.000000673. The van der Waals surface area contributed by atoms with E-state index in [0.717, 1.165) is 6.07 Å². The summed E-state index contributed by atoms with van der Waals surface area (Å²) in [5.74, 6) is -0.684. The van der Waals surface area contributed by atoms with Gasteiger partial charge in [0.05, 0.1) is 5.25 Å². The number of hydrogen-bond donors (Lipinski definition) is 0. The first-order valence-corrected chi connectivity index (χ1v) is 6.03. The van der Waals surface area contributed by atoms with Crippen LogP contribution < -0.4 is 0 Å². The van der Waals surface area contributed by atoms with Crippen LogP contribution in [0.15, 0.2) is 29.2 Å². The molecule has 1 aromatic rings. The van der Waals surface area contributed by atoms with Crippen LogP contribution in [-0.4, -0.2) is 20.6 Å². The van der Waals surface area contributed by atoms with Crippen molar-refractivity contribution < 1.29 is 21.6 Å². The summed E-state index contributed by atoms with van der Waals surface area (Å²) < 4.78 is 55.3. The van der Waals surface area contributed by atoms with Gasteiger partial charge in [-0.2, -0.15) is 0 Å². The molecule has 0 saturated heterocycles. The van der Waals surface area contributed by atoms with Crippen molar-refractivity contribution in [1.82, 2.24) is 0 Å². The Morgan fingerprint density at radius 3 is 2.00 bits per heavy atom. The van der Waals surface area contributed by atoms with Crippen molar-refractivity contribution in [2.45, 2.75) is 24.0 Å². The van der Waals surface area contributed by atoms with E-state index in [9.17, 15) is 21.6 Å². The quantitative estimate of drug-likeness (QED) is 0.813. The third-order valence-electron chi connectivity index (χ3n) is 1.76. The van der Waals surface area contributed by atoms with Crippen LogP contribution in [-0.2, 0) is 9.84 Å². The molecule has 0 aliphatic carbocycles. The van der Waals surface area contributed by atoms with Crippen molar-refractivity contribution in [3.05, 3.63) is 30.1 Å². The molecule has 0 saturated carbocycles. The average Bonchev–Trinajstić information content (AvgIpc) is 2.19. The molecule has 1 rings (SSSR count). The zero-order valence-electron chi connectivity index (χ0n) is 8.95. The van der Waals surface area contributed by atoms with Crippen LogP contribution in [0.2, 0.25) is 0 Å². The van der Waals surface area contributed by atoms with E-state index in [-0.39, 0.29) is 4.90 Å². The number of sulfone groups is 1. The van der Waals surface area contributed by atoms with E-state index >= 15 is 0 Å². The first-order chi connectivity index (χ1) is 7.37. The maximum Gasteiger partial charge on any atom is 0.229 e. The van der Waals surface area contributed by atoms with E-state index in [4.69, 9.17) is 0 Å². The Morgan fingerprint density at radius 1 is 1.19 bits per heavy atom. The normalized spacial score (nSPS) is 10.9. The lowest BCUT2D eigenvalue weighted by atomic mass is 10.3. The molecule has 0 amide bonds. The van der Waals surface area contributed by atoms with Crippen LogP contribution in [0.4, 0.5) is 13.2 Å². The second-order valence-electron chi connectivity index (χ2n) is 3.13. The van der Waals surface area contributed by atoms with Gasteiger partial charge in [-0.1, -0.05) is 12.1 Å². The van der Waals surface area contributed by atoms with Crippen molar-refractivity contribution >= 4 is 9.84 Å². The largest absolute Gasteiger partial charge is 0.229 e. The van der Waals surface area contributed by atoms with Crippen molar-refractivity contribution in [2.24, 2.45) is 0 Å². The van der Waals surface area contributed by atoms with Crippen molar-refractivity contribution in [1.29, 1.82) is 0 Å². The van der Waals surface area contributed by atoms with Gasteiger partial charge in [0.2, 0.25) is 6.93 Å². The molecule has 0 aromatic heterocycles. The summed E-state index contributed by atoms with van der Waals surface area (Å²) >= 11 is 0. The lowest BCUT2D eigenvalue weighted by Crippen LogP contribution is -2.15. The summed E-state index contributed by atoms with van der Waals surface area (Å²) in [6, 6.07) is 5.41. The zero-order chi connectivity index (χ0) is 12.8. The van der Waals surface area contributed by atoms with Gasteiger partial charge in [0, 0.05) is 0 Å². The monoisotopic (exact) mass is 254 g/mol. The molecule has 0 spiro atoms. The van der Waals surface area contributed by atoms with E-state index in [1.165, 1.54) is 32.0 Å².